The Morgan fingerprint density at radius 1 is 1.25 bits per heavy atom. The molecule has 0 unspecified atom stereocenters. The quantitative estimate of drug-likeness (QED) is 0.765. The molecule has 1 fully saturated rings. The van der Waals surface area contributed by atoms with Gasteiger partial charge in [-0.15, -0.1) is 0 Å². The fourth-order valence-electron chi connectivity index (χ4n) is 2.53. The van der Waals surface area contributed by atoms with Crippen molar-refractivity contribution in [3.8, 4) is 5.75 Å². The maximum Gasteiger partial charge on any atom is 0.410 e. The van der Waals surface area contributed by atoms with Crippen LogP contribution in [-0.2, 0) is 4.74 Å². The largest absolute Gasteiger partial charge is 0.493 e. The number of piperidine rings is 1. The molecule has 0 spiro atoms. The van der Waals surface area contributed by atoms with Crippen LogP contribution in [0, 0.1) is 5.92 Å². The van der Waals surface area contributed by atoms with Gasteiger partial charge in [-0.25, -0.2) is 4.79 Å². The summed E-state index contributed by atoms with van der Waals surface area (Å²) in [5.41, 5.74) is -0.0454. The van der Waals surface area contributed by atoms with Crippen molar-refractivity contribution in [3.05, 3.63) is 29.8 Å². The molecule has 5 nitrogen and oxygen atoms in total. The van der Waals surface area contributed by atoms with E-state index in [4.69, 9.17) is 21.1 Å². The second kappa shape index (κ2) is 7.88. The summed E-state index contributed by atoms with van der Waals surface area (Å²) in [6, 6.07) is 6.85. The SMILES string of the molecule is CC(C)(C)OC(=O)N1CCC(COc2cccc(C(=O)Cl)c2)CC1. The third-order valence-electron chi connectivity index (χ3n) is 3.81. The molecule has 6 heteroatoms. The lowest BCUT2D eigenvalue weighted by Crippen LogP contribution is -2.42. The lowest BCUT2D eigenvalue weighted by atomic mass is 9.98. The lowest BCUT2D eigenvalue weighted by Gasteiger charge is -2.33. The minimum absolute atomic E-state index is 0.254. The van der Waals surface area contributed by atoms with Crippen molar-refractivity contribution in [2.45, 2.75) is 39.2 Å². The molecule has 0 saturated carbocycles. The summed E-state index contributed by atoms with van der Waals surface area (Å²) in [6.45, 7) is 7.50. The third-order valence-corrected chi connectivity index (χ3v) is 4.03. The fourth-order valence-corrected chi connectivity index (χ4v) is 2.65. The van der Waals surface area contributed by atoms with Crippen LogP contribution in [0.5, 0.6) is 5.75 Å². The van der Waals surface area contributed by atoms with E-state index in [1.807, 2.05) is 20.8 Å². The van der Waals surface area contributed by atoms with E-state index in [0.29, 0.717) is 36.9 Å². The van der Waals surface area contributed by atoms with Crippen LogP contribution in [0.4, 0.5) is 4.79 Å². The summed E-state index contributed by atoms with van der Waals surface area (Å²) in [6.07, 6.45) is 1.48. The van der Waals surface area contributed by atoms with E-state index >= 15 is 0 Å². The van der Waals surface area contributed by atoms with Gasteiger partial charge in [0.2, 0.25) is 0 Å². The number of carbonyl (C=O) groups is 2. The van der Waals surface area contributed by atoms with E-state index in [1.165, 1.54) is 0 Å². The molecule has 1 aromatic carbocycles. The minimum Gasteiger partial charge on any atom is -0.493 e. The fraction of sp³-hybridized carbons (Fsp3) is 0.556. The van der Waals surface area contributed by atoms with Gasteiger partial charge < -0.3 is 14.4 Å². The van der Waals surface area contributed by atoms with Crippen LogP contribution in [-0.4, -0.2) is 41.5 Å². The number of amides is 1. The highest BCUT2D eigenvalue weighted by Gasteiger charge is 2.27. The Balaban J connectivity index is 1.78. The van der Waals surface area contributed by atoms with Crippen LogP contribution >= 0.6 is 11.6 Å². The maximum atomic E-state index is 12.0. The molecule has 0 bridgehead atoms. The third kappa shape index (κ3) is 5.71. The molecule has 132 valence electrons. The van der Waals surface area contributed by atoms with Crippen LogP contribution in [0.2, 0.25) is 0 Å². The van der Waals surface area contributed by atoms with Crippen molar-refractivity contribution in [3.63, 3.8) is 0 Å². The average Bonchev–Trinajstić information content (AvgIpc) is 2.52. The standard InChI is InChI=1S/C18H24ClNO4/c1-18(2,3)24-17(22)20-9-7-13(8-10-20)12-23-15-6-4-5-14(11-15)16(19)21/h4-6,11,13H,7-10,12H2,1-3H3. The van der Waals surface area contributed by atoms with Gasteiger partial charge in [0.25, 0.3) is 5.24 Å². The van der Waals surface area contributed by atoms with Gasteiger partial charge in [0, 0.05) is 18.7 Å². The highest BCUT2D eigenvalue weighted by atomic mass is 35.5. The van der Waals surface area contributed by atoms with Crippen molar-refractivity contribution in [1.29, 1.82) is 0 Å². The first-order valence-corrected chi connectivity index (χ1v) is 8.53. The van der Waals surface area contributed by atoms with Gasteiger partial charge in [-0.2, -0.15) is 0 Å². The zero-order chi connectivity index (χ0) is 17.7. The van der Waals surface area contributed by atoms with Gasteiger partial charge in [0.15, 0.2) is 0 Å². The first kappa shape index (κ1) is 18.6. The molecule has 1 aliphatic rings. The first-order chi connectivity index (χ1) is 11.2. The van der Waals surface area contributed by atoms with E-state index in [9.17, 15) is 9.59 Å². The molecule has 24 heavy (non-hydrogen) atoms. The molecule has 0 atom stereocenters. The van der Waals surface area contributed by atoms with Crippen molar-refractivity contribution < 1.29 is 19.1 Å². The number of benzene rings is 1. The molecule has 2 rings (SSSR count). The number of ether oxygens (including phenoxy) is 2. The lowest BCUT2D eigenvalue weighted by molar-refractivity contribution is 0.0165. The normalized spacial score (nSPS) is 15.9. The summed E-state index contributed by atoms with van der Waals surface area (Å²) in [5, 5.41) is -0.494. The number of nitrogens with zero attached hydrogens (tertiary/aromatic N) is 1. The van der Waals surface area contributed by atoms with Crippen LogP contribution in [0.1, 0.15) is 44.0 Å². The molecule has 1 aromatic rings. The number of hydrogen-bond acceptors (Lipinski definition) is 4. The number of carbonyl (C=O) groups excluding carboxylic acids is 2. The molecule has 1 amide bonds. The predicted octanol–water partition coefficient (Wildman–Crippen LogP) is 4.09. The number of halogens is 1. The smallest absolute Gasteiger partial charge is 0.410 e. The summed E-state index contributed by atoms with van der Waals surface area (Å²) >= 11 is 5.47. The van der Waals surface area contributed by atoms with Crippen molar-refractivity contribution in [2.75, 3.05) is 19.7 Å². The molecule has 0 radical (unpaired) electrons. The Labute approximate surface area is 147 Å². The van der Waals surface area contributed by atoms with Crippen LogP contribution < -0.4 is 4.74 Å². The van der Waals surface area contributed by atoms with Crippen molar-refractivity contribution in [2.24, 2.45) is 5.92 Å². The minimum atomic E-state index is -0.494. The van der Waals surface area contributed by atoms with E-state index < -0.39 is 10.8 Å². The van der Waals surface area contributed by atoms with Gasteiger partial charge in [-0.1, -0.05) is 6.07 Å². The molecular weight excluding hydrogens is 330 g/mol. The zero-order valence-electron chi connectivity index (χ0n) is 14.4. The first-order valence-electron chi connectivity index (χ1n) is 8.15. The topological polar surface area (TPSA) is 55.8 Å². The Morgan fingerprint density at radius 2 is 1.92 bits per heavy atom. The second-order valence-electron chi connectivity index (χ2n) is 7.02. The number of hydrogen-bond donors (Lipinski definition) is 0. The number of rotatable bonds is 4. The molecule has 1 heterocycles. The van der Waals surface area contributed by atoms with E-state index in [1.54, 1.807) is 29.2 Å². The summed E-state index contributed by atoms with van der Waals surface area (Å²) in [5.74, 6) is 1.01. The van der Waals surface area contributed by atoms with Gasteiger partial charge >= 0.3 is 6.09 Å². The number of likely N-dealkylation sites (tertiary alicyclic amines) is 1. The molecule has 1 saturated heterocycles. The Kier molecular flexibility index (Phi) is 6.10. The van der Waals surface area contributed by atoms with E-state index in [2.05, 4.69) is 0 Å². The zero-order valence-corrected chi connectivity index (χ0v) is 15.1. The Bertz CT molecular complexity index is 589. The van der Waals surface area contributed by atoms with Gasteiger partial charge in [-0.3, -0.25) is 4.79 Å². The highest BCUT2D eigenvalue weighted by Crippen LogP contribution is 2.22. The van der Waals surface area contributed by atoms with Crippen LogP contribution in [0.3, 0.4) is 0 Å². The Morgan fingerprint density at radius 3 is 2.50 bits per heavy atom. The van der Waals surface area contributed by atoms with Gasteiger partial charge in [0.1, 0.15) is 11.4 Å². The predicted molar refractivity (Wildman–Crippen MR) is 92.7 cm³/mol. The maximum absolute atomic E-state index is 12.0. The highest BCUT2D eigenvalue weighted by molar-refractivity contribution is 6.67. The molecule has 0 aromatic heterocycles. The van der Waals surface area contributed by atoms with Crippen molar-refractivity contribution in [1.82, 2.24) is 4.90 Å². The summed E-state index contributed by atoms with van der Waals surface area (Å²) in [7, 11) is 0. The summed E-state index contributed by atoms with van der Waals surface area (Å²) in [4.78, 5) is 24.9. The van der Waals surface area contributed by atoms with Gasteiger partial charge in [0.05, 0.1) is 6.61 Å². The van der Waals surface area contributed by atoms with Gasteiger partial charge in [-0.05, 0) is 69.3 Å². The second-order valence-corrected chi connectivity index (χ2v) is 7.37. The molecular formula is C18H24ClNO4. The molecule has 0 aliphatic carbocycles. The molecule has 1 aliphatic heterocycles. The Hall–Kier alpha value is -1.75. The van der Waals surface area contributed by atoms with E-state index in [0.717, 1.165) is 12.8 Å². The average molecular weight is 354 g/mol. The van der Waals surface area contributed by atoms with Crippen LogP contribution in [0.25, 0.3) is 0 Å². The molecule has 0 N–H and O–H groups in total. The van der Waals surface area contributed by atoms with E-state index in [-0.39, 0.29) is 6.09 Å². The monoisotopic (exact) mass is 353 g/mol. The van der Waals surface area contributed by atoms with Crippen molar-refractivity contribution >= 4 is 22.9 Å². The summed E-state index contributed by atoms with van der Waals surface area (Å²) < 4.78 is 11.2. The van der Waals surface area contributed by atoms with Crippen LogP contribution in [0.15, 0.2) is 24.3 Å².